The van der Waals surface area contributed by atoms with Crippen molar-refractivity contribution in [1.82, 2.24) is 9.97 Å². The minimum Gasteiger partial charge on any atom is -0.460 e. The van der Waals surface area contributed by atoms with Crippen LogP contribution in [0.15, 0.2) is 35.6 Å². The molecular formula is C24H26F2N4O2S. The van der Waals surface area contributed by atoms with Crippen LogP contribution in [0.25, 0.3) is 11.9 Å². The number of ether oxygens (including phenoxy) is 1. The topological polar surface area (TPSA) is 90.5 Å². The minimum absolute atomic E-state index is 0.00326. The Kier molecular flexibility index (Phi) is 6.35. The number of rotatable bonds is 5. The molecule has 174 valence electrons. The SMILES string of the molecule is C#C[C@H](C)Oc1cnc(/C(F)=C/c2ccc(F)c([C@]3(C)CS(=C)(=O)C(C)(C)C(N)=N3)c2)cn1. The summed E-state index contributed by atoms with van der Waals surface area (Å²) in [6.45, 7) is 6.72. The molecule has 6 nitrogen and oxygen atoms in total. The highest BCUT2D eigenvalue weighted by atomic mass is 32.2. The summed E-state index contributed by atoms with van der Waals surface area (Å²) in [6.07, 6.45) is 8.42. The maximum atomic E-state index is 14.8. The third kappa shape index (κ3) is 4.76. The Morgan fingerprint density at radius 1 is 1.36 bits per heavy atom. The van der Waals surface area contributed by atoms with E-state index in [4.69, 9.17) is 16.9 Å². The Hall–Kier alpha value is -3.25. The molecule has 3 rings (SSSR count). The second-order valence-corrected chi connectivity index (χ2v) is 11.6. The second kappa shape index (κ2) is 8.60. The summed E-state index contributed by atoms with van der Waals surface area (Å²) in [4.78, 5) is 12.5. The monoisotopic (exact) mass is 472 g/mol. The maximum absolute atomic E-state index is 14.8. The van der Waals surface area contributed by atoms with Crippen molar-refractivity contribution in [3.05, 3.63) is 53.2 Å². The quantitative estimate of drug-likeness (QED) is 0.531. The number of aromatic nitrogens is 2. The number of hydrogen-bond donors (Lipinski definition) is 1. The van der Waals surface area contributed by atoms with Crippen LogP contribution in [0.5, 0.6) is 5.88 Å². The molecule has 0 saturated carbocycles. The number of aliphatic imine (C=N–C) groups is 1. The minimum atomic E-state index is -2.73. The number of nitrogens with two attached hydrogens (primary N) is 1. The van der Waals surface area contributed by atoms with Gasteiger partial charge in [-0.1, -0.05) is 12.0 Å². The van der Waals surface area contributed by atoms with Crippen LogP contribution < -0.4 is 10.5 Å². The highest BCUT2D eigenvalue weighted by Gasteiger charge is 2.45. The Morgan fingerprint density at radius 3 is 2.64 bits per heavy atom. The van der Waals surface area contributed by atoms with Crippen molar-refractivity contribution in [2.24, 2.45) is 10.7 Å². The summed E-state index contributed by atoms with van der Waals surface area (Å²) >= 11 is 0. The van der Waals surface area contributed by atoms with Crippen molar-refractivity contribution < 1.29 is 17.7 Å². The van der Waals surface area contributed by atoms with E-state index in [2.05, 4.69) is 26.8 Å². The van der Waals surface area contributed by atoms with Gasteiger partial charge in [0.1, 0.15) is 17.3 Å². The maximum Gasteiger partial charge on any atom is 0.233 e. The molecule has 0 fully saturated rings. The second-order valence-electron chi connectivity index (χ2n) is 8.64. The van der Waals surface area contributed by atoms with Crippen LogP contribution in [0.3, 0.4) is 0 Å². The molecule has 3 atom stereocenters. The van der Waals surface area contributed by atoms with Gasteiger partial charge in [-0.25, -0.2) is 18.7 Å². The van der Waals surface area contributed by atoms with Crippen LogP contribution in [0.2, 0.25) is 0 Å². The molecule has 2 heterocycles. The number of nitrogens with zero attached hydrogens (tertiary/aromatic N) is 3. The average molecular weight is 473 g/mol. The summed E-state index contributed by atoms with van der Waals surface area (Å²) in [6, 6.07) is 4.08. The smallest absolute Gasteiger partial charge is 0.233 e. The third-order valence-electron chi connectivity index (χ3n) is 5.70. The number of benzene rings is 1. The van der Waals surface area contributed by atoms with Crippen LogP contribution in [0.4, 0.5) is 8.78 Å². The van der Waals surface area contributed by atoms with E-state index >= 15 is 0 Å². The van der Waals surface area contributed by atoms with Crippen LogP contribution >= 0.6 is 0 Å². The normalized spacial score (nSPS) is 25.6. The first-order chi connectivity index (χ1) is 15.3. The standard InChI is InChI=1S/C24H26F2N4O2S/c1-7-15(2)32-21-13-28-20(12-29-21)19(26)11-16-8-9-18(25)17(10-16)24(5)14-33(6,31)23(3,4)22(27)30-24/h1,8-13,15H,6,14H2,2-5H3,(H2,27,30)/b19-11-/t15-,24-,33?/m0/s1. The van der Waals surface area contributed by atoms with Crippen LogP contribution in [-0.2, 0) is 15.1 Å². The van der Waals surface area contributed by atoms with Gasteiger partial charge >= 0.3 is 0 Å². The average Bonchev–Trinajstić information content (AvgIpc) is 2.73. The zero-order chi connectivity index (χ0) is 24.6. The molecule has 0 spiro atoms. The summed E-state index contributed by atoms with van der Waals surface area (Å²) < 4.78 is 47.3. The van der Waals surface area contributed by atoms with E-state index in [9.17, 15) is 13.0 Å². The predicted octanol–water partition coefficient (Wildman–Crippen LogP) is 3.56. The molecule has 0 bridgehead atoms. The van der Waals surface area contributed by atoms with Crippen molar-refractivity contribution in [3.8, 4) is 18.2 Å². The Bertz CT molecular complexity index is 1280. The first-order valence-corrected chi connectivity index (χ1v) is 12.0. The Balaban J connectivity index is 1.96. The number of halogens is 2. The van der Waals surface area contributed by atoms with E-state index < -0.39 is 37.6 Å². The molecule has 9 heteroatoms. The summed E-state index contributed by atoms with van der Waals surface area (Å²) in [5.74, 6) is 5.31. The molecule has 0 radical (unpaired) electrons. The summed E-state index contributed by atoms with van der Waals surface area (Å²) in [7, 11) is -2.73. The molecule has 2 aromatic rings. The molecular weight excluding hydrogens is 446 g/mol. The molecule has 1 aliphatic rings. The molecule has 0 aliphatic carbocycles. The van der Waals surface area contributed by atoms with Gasteiger partial charge in [0.15, 0.2) is 11.9 Å². The fraction of sp³-hybridized carbons (Fsp3) is 0.333. The first-order valence-electron chi connectivity index (χ1n) is 10.1. The highest BCUT2D eigenvalue weighted by Crippen LogP contribution is 2.38. The van der Waals surface area contributed by atoms with Gasteiger partial charge in [-0.15, -0.1) is 6.42 Å². The first kappa shape index (κ1) is 24.4. The van der Waals surface area contributed by atoms with Crippen molar-refractivity contribution >= 4 is 33.1 Å². The van der Waals surface area contributed by atoms with Crippen LogP contribution in [-0.4, -0.2) is 42.5 Å². The fourth-order valence-corrected chi connectivity index (χ4v) is 5.29. The molecule has 0 amide bonds. The van der Waals surface area contributed by atoms with E-state index in [-0.39, 0.29) is 28.7 Å². The van der Waals surface area contributed by atoms with Crippen LogP contribution in [0, 0.1) is 18.2 Å². The number of hydrogen-bond acceptors (Lipinski definition) is 6. The molecule has 1 unspecified atom stereocenters. The van der Waals surface area contributed by atoms with E-state index in [1.165, 1.54) is 36.7 Å². The fourth-order valence-electron chi connectivity index (χ4n) is 3.38. The van der Waals surface area contributed by atoms with E-state index in [1.54, 1.807) is 27.7 Å². The third-order valence-corrected chi connectivity index (χ3v) is 8.80. The van der Waals surface area contributed by atoms with E-state index in [0.717, 1.165) is 0 Å². The molecule has 33 heavy (non-hydrogen) atoms. The lowest BCUT2D eigenvalue weighted by atomic mass is 9.91. The van der Waals surface area contributed by atoms with Crippen LogP contribution in [0.1, 0.15) is 44.5 Å². The van der Waals surface area contributed by atoms with Gasteiger partial charge in [0.05, 0.1) is 22.7 Å². The molecule has 1 aromatic carbocycles. The van der Waals surface area contributed by atoms with Gasteiger partial charge in [-0.05, 0) is 66.9 Å². The lowest BCUT2D eigenvalue weighted by Gasteiger charge is -2.41. The largest absolute Gasteiger partial charge is 0.460 e. The lowest BCUT2D eigenvalue weighted by Crippen LogP contribution is -2.54. The molecule has 1 aromatic heterocycles. The predicted molar refractivity (Wildman–Crippen MR) is 130 cm³/mol. The Labute approximate surface area is 193 Å². The van der Waals surface area contributed by atoms with Crippen molar-refractivity contribution in [2.75, 3.05) is 5.75 Å². The molecule has 1 aliphatic heterocycles. The number of amidine groups is 1. The molecule has 2 N–H and O–H groups in total. The van der Waals surface area contributed by atoms with Gasteiger partial charge < -0.3 is 10.5 Å². The van der Waals surface area contributed by atoms with Gasteiger partial charge in [-0.3, -0.25) is 9.20 Å². The van der Waals surface area contributed by atoms with E-state index in [1.807, 2.05) is 0 Å². The summed E-state index contributed by atoms with van der Waals surface area (Å²) in [5.41, 5.74) is 5.37. The summed E-state index contributed by atoms with van der Waals surface area (Å²) in [5, 5.41) is 0. The zero-order valence-corrected chi connectivity index (χ0v) is 19.7. The van der Waals surface area contributed by atoms with Gasteiger partial charge in [0.2, 0.25) is 5.88 Å². The Morgan fingerprint density at radius 2 is 2.06 bits per heavy atom. The van der Waals surface area contributed by atoms with Crippen molar-refractivity contribution in [1.29, 1.82) is 0 Å². The lowest BCUT2D eigenvalue weighted by molar-refractivity contribution is 0.266. The van der Waals surface area contributed by atoms with Gasteiger partial charge in [0, 0.05) is 11.3 Å². The van der Waals surface area contributed by atoms with E-state index in [0.29, 0.717) is 5.56 Å². The van der Waals surface area contributed by atoms with Gasteiger partial charge in [0.25, 0.3) is 0 Å². The highest BCUT2D eigenvalue weighted by molar-refractivity contribution is 8.02. The zero-order valence-electron chi connectivity index (χ0n) is 18.9. The molecule has 0 saturated heterocycles. The van der Waals surface area contributed by atoms with Crippen molar-refractivity contribution in [3.63, 3.8) is 0 Å². The van der Waals surface area contributed by atoms with Crippen molar-refractivity contribution in [2.45, 2.75) is 44.1 Å². The number of terminal acetylenes is 1. The van der Waals surface area contributed by atoms with Gasteiger partial charge in [-0.2, -0.15) is 0 Å².